The van der Waals surface area contributed by atoms with Crippen molar-refractivity contribution in [3.8, 4) is 0 Å². The van der Waals surface area contributed by atoms with Crippen molar-refractivity contribution in [3.63, 3.8) is 0 Å². The third kappa shape index (κ3) is 4.04. The van der Waals surface area contributed by atoms with Gasteiger partial charge in [-0.2, -0.15) is 0 Å². The molecule has 6 nitrogen and oxygen atoms in total. The van der Waals surface area contributed by atoms with Crippen LogP contribution in [0.1, 0.15) is 20.3 Å². The summed E-state index contributed by atoms with van der Waals surface area (Å²) < 4.78 is 25.5. The summed E-state index contributed by atoms with van der Waals surface area (Å²) in [4.78, 5) is 17.8. The van der Waals surface area contributed by atoms with Crippen molar-refractivity contribution >= 4 is 17.4 Å². The van der Waals surface area contributed by atoms with Gasteiger partial charge in [0, 0.05) is 31.9 Å². The minimum Gasteiger partial charge on any atom is -0.378 e. The molecule has 3 rings (SSSR count). The smallest absolute Gasteiger partial charge is 0.326 e. The molecule has 0 bridgehead atoms. The van der Waals surface area contributed by atoms with Crippen LogP contribution >= 0.6 is 0 Å². The van der Waals surface area contributed by atoms with Gasteiger partial charge in [0.05, 0.1) is 25.0 Å². The fourth-order valence-corrected chi connectivity index (χ4v) is 3.00. The fraction of sp³-hybridized carbons (Fsp3) is 0.611. The lowest BCUT2D eigenvalue weighted by atomic mass is 10.2. The van der Waals surface area contributed by atoms with Gasteiger partial charge < -0.3 is 14.4 Å². The lowest BCUT2D eigenvalue weighted by Gasteiger charge is -2.29. The Morgan fingerprint density at radius 2 is 2.00 bits per heavy atom. The van der Waals surface area contributed by atoms with Gasteiger partial charge in [-0.1, -0.05) is 6.92 Å². The van der Waals surface area contributed by atoms with Crippen molar-refractivity contribution in [3.05, 3.63) is 24.0 Å². The van der Waals surface area contributed by atoms with E-state index in [1.54, 1.807) is 15.9 Å². The summed E-state index contributed by atoms with van der Waals surface area (Å²) in [6.07, 6.45) is 1.02. The van der Waals surface area contributed by atoms with Crippen molar-refractivity contribution in [2.24, 2.45) is 0 Å². The van der Waals surface area contributed by atoms with Gasteiger partial charge in [-0.25, -0.2) is 9.18 Å². The van der Waals surface area contributed by atoms with E-state index in [-0.39, 0.29) is 24.7 Å². The highest BCUT2D eigenvalue weighted by molar-refractivity contribution is 5.94. The Balaban J connectivity index is 1.66. The first-order valence-corrected chi connectivity index (χ1v) is 8.90. The number of anilines is 2. The normalized spacial score (nSPS) is 19.6. The number of ether oxygens (including phenoxy) is 2. The minimum atomic E-state index is -0.304. The number of carbonyl (C=O) groups is 1. The molecule has 0 aliphatic carbocycles. The summed E-state index contributed by atoms with van der Waals surface area (Å²) in [7, 11) is 0. The number of halogens is 1. The molecule has 138 valence electrons. The number of hydrogen-bond donors (Lipinski definition) is 0. The van der Waals surface area contributed by atoms with Crippen molar-refractivity contribution < 1.29 is 18.7 Å². The van der Waals surface area contributed by atoms with E-state index in [0.717, 1.165) is 6.42 Å². The zero-order chi connectivity index (χ0) is 17.8. The third-order valence-electron chi connectivity index (χ3n) is 4.78. The summed E-state index contributed by atoms with van der Waals surface area (Å²) >= 11 is 0. The maximum Gasteiger partial charge on any atom is 0.326 e. The highest BCUT2D eigenvalue weighted by Gasteiger charge is 2.30. The highest BCUT2D eigenvalue weighted by atomic mass is 19.1. The van der Waals surface area contributed by atoms with Crippen LogP contribution in [0.3, 0.4) is 0 Å². The molecule has 0 spiro atoms. The average Bonchev–Trinajstić information content (AvgIpc) is 3.01. The first-order valence-electron chi connectivity index (χ1n) is 8.90. The van der Waals surface area contributed by atoms with Crippen LogP contribution < -0.4 is 9.80 Å². The Kier molecular flexibility index (Phi) is 5.75. The standard InChI is InChI=1S/C18H26FN3O3/c1-3-14(2)25-13-21-6-7-22(18(21)23)15-4-5-17(16(19)12-15)20-8-10-24-11-9-20/h4-5,12,14H,3,6-11,13H2,1-2H3. The van der Waals surface area contributed by atoms with Gasteiger partial charge in [0.25, 0.3) is 0 Å². The van der Waals surface area contributed by atoms with Crippen LogP contribution in [0, 0.1) is 5.82 Å². The summed E-state index contributed by atoms with van der Waals surface area (Å²) in [6, 6.07) is 4.87. The van der Waals surface area contributed by atoms with Gasteiger partial charge in [-0.15, -0.1) is 0 Å². The molecular weight excluding hydrogens is 325 g/mol. The van der Waals surface area contributed by atoms with E-state index in [4.69, 9.17) is 9.47 Å². The maximum absolute atomic E-state index is 14.6. The Bertz CT molecular complexity index is 607. The van der Waals surface area contributed by atoms with Crippen LogP contribution in [0.4, 0.5) is 20.6 Å². The number of amides is 2. The van der Waals surface area contributed by atoms with Gasteiger partial charge in [-0.3, -0.25) is 9.80 Å². The second-order valence-corrected chi connectivity index (χ2v) is 6.45. The number of carbonyl (C=O) groups excluding carboxylic acids is 1. The van der Waals surface area contributed by atoms with Crippen molar-refractivity contribution in [1.29, 1.82) is 0 Å². The van der Waals surface area contributed by atoms with Gasteiger partial charge in [0.2, 0.25) is 0 Å². The quantitative estimate of drug-likeness (QED) is 0.790. The number of urea groups is 1. The molecule has 0 aromatic heterocycles. The lowest BCUT2D eigenvalue weighted by Crippen LogP contribution is -2.37. The molecule has 25 heavy (non-hydrogen) atoms. The molecule has 2 saturated heterocycles. The predicted octanol–water partition coefficient (Wildman–Crippen LogP) is 2.68. The Morgan fingerprint density at radius 1 is 1.24 bits per heavy atom. The molecule has 7 heteroatoms. The Hall–Kier alpha value is -1.86. The number of rotatable bonds is 6. The summed E-state index contributed by atoms with van der Waals surface area (Å²) in [5, 5.41) is 0. The maximum atomic E-state index is 14.6. The van der Waals surface area contributed by atoms with Gasteiger partial charge >= 0.3 is 6.03 Å². The van der Waals surface area contributed by atoms with Crippen molar-refractivity contribution in [2.75, 3.05) is 55.9 Å². The van der Waals surface area contributed by atoms with Crippen LogP contribution in [0.2, 0.25) is 0 Å². The van der Waals surface area contributed by atoms with Crippen LogP contribution in [0.15, 0.2) is 18.2 Å². The zero-order valence-corrected chi connectivity index (χ0v) is 14.9. The molecule has 0 N–H and O–H groups in total. The second kappa shape index (κ2) is 8.01. The van der Waals surface area contributed by atoms with Crippen molar-refractivity contribution in [2.45, 2.75) is 26.4 Å². The molecule has 1 atom stereocenters. The Labute approximate surface area is 148 Å². The number of morpholine rings is 1. The van der Waals surface area contributed by atoms with Crippen LogP contribution in [-0.2, 0) is 9.47 Å². The second-order valence-electron chi connectivity index (χ2n) is 6.45. The van der Waals surface area contributed by atoms with Crippen LogP contribution in [0.25, 0.3) is 0 Å². The molecule has 1 aromatic rings. The summed E-state index contributed by atoms with van der Waals surface area (Å²) in [6.45, 7) is 8.01. The van der Waals surface area contributed by atoms with Crippen molar-refractivity contribution in [1.82, 2.24) is 4.90 Å². The largest absolute Gasteiger partial charge is 0.378 e. The SMILES string of the molecule is CCC(C)OCN1CCN(c2ccc(N3CCOCC3)c(F)c2)C1=O. The first-order chi connectivity index (χ1) is 12.1. The van der Waals surface area contributed by atoms with E-state index in [2.05, 4.69) is 0 Å². The average molecular weight is 351 g/mol. The van der Waals surface area contributed by atoms with E-state index >= 15 is 0 Å². The predicted molar refractivity (Wildman–Crippen MR) is 94.6 cm³/mol. The van der Waals surface area contributed by atoms with Crippen LogP contribution in [-0.4, -0.2) is 63.2 Å². The molecule has 2 amide bonds. The highest BCUT2D eigenvalue weighted by Crippen LogP contribution is 2.27. The molecule has 1 aromatic carbocycles. The third-order valence-corrected chi connectivity index (χ3v) is 4.78. The molecular formula is C18H26FN3O3. The number of nitrogens with zero attached hydrogens (tertiary/aromatic N) is 3. The van der Waals surface area contributed by atoms with Gasteiger partial charge in [-0.05, 0) is 31.5 Å². The minimum absolute atomic E-state index is 0.118. The zero-order valence-electron chi connectivity index (χ0n) is 14.9. The van der Waals surface area contributed by atoms with Crippen LogP contribution in [0.5, 0.6) is 0 Å². The number of benzene rings is 1. The molecule has 1 unspecified atom stereocenters. The van der Waals surface area contributed by atoms with E-state index in [1.165, 1.54) is 6.07 Å². The van der Waals surface area contributed by atoms with E-state index < -0.39 is 0 Å². The lowest BCUT2D eigenvalue weighted by molar-refractivity contribution is 0.00797. The van der Waals surface area contributed by atoms with Gasteiger partial charge in [0.1, 0.15) is 12.5 Å². The molecule has 2 aliphatic heterocycles. The van der Waals surface area contributed by atoms with E-state index in [0.29, 0.717) is 50.8 Å². The Morgan fingerprint density at radius 3 is 2.68 bits per heavy atom. The summed E-state index contributed by atoms with van der Waals surface area (Å²) in [5.74, 6) is -0.304. The monoisotopic (exact) mass is 351 g/mol. The topological polar surface area (TPSA) is 45.2 Å². The van der Waals surface area contributed by atoms with E-state index in [1.807, 2.05) is 24.8 Å². The molecule has 2 aliphatic rings. The van der Waals surface area contributed by atoms with E-state index in [9.17, 15) is 9.18 Å². The molecule has 2 fully saturated rings. The molecule has 0 radical (unpaired) electrons. The summed E-state index contributed by atoms with van der Waals surface area (Å²) in [5.41, 5.74) is 1.15. The fourth-order valence-electron chi connectivity index (χ4n) is 3.00. The van der Waals surface area contributed by atoms with Gasteiger partial charge in [0.15, 0.2) is 0 Å². The number of hydrogen-bond acceptors (Lipinski definition) is 4. The molecule has 0 saturated carbocycles. The molecule has 2 heterocycles. The first kappa shape index (κ1) is 17.9.